The van der Waals surface area contributed by atoms with Gasteiger partial charge >= 0.3 is 0 Å². The number of rotatable bonds is 42. The third-order valence-electron chi connectivity index (χ3n) is 11.9. The number of aliphatic hydroxyl groups excluding tert-OH is 5. The molecule has 0 aromatic carbocycles. The van der Waals surface area contributed by atoms with E-state index in [0.29, 0.717) is 6.42 Å². The van der Waals surface area contributed by atoms with E-state index >= 15 is 0 Å². The van der Waals surface area contributed by atoms with Gasteiger partial charge in [-0.15, -0.1) is 0 Å². The number of hydrogen-bond acceptors (Lipinski definition) is 8. The number of carbonyl (C=O) groups is 1. The lowest BCUT2D eigenvalue weighted by atomic mass is 9.99. The van der Waals surface area contributed by atoms with E-state index < -0.39 is 49.5 Å². The molecule has 9 heteroatoms. The Morgan fingerprint density at radius 1 is 0.541 bits per heavy atom. The lowest BCUT2D eigenvalue weighted by molar-refractivity contribution is -0.302. The Balaban J connectivity index is 2.36. The first-order valence-electron chi connectivity index (χ1n) is 25.4. The van der Waals surface area contributed by atoms with Crippen LogP contribution < -0.4 is 5.32 Å². The van der Waals surface area contributed by atoms with E-state index in [-0.39, 0.29) is 12.5 Å². The van der Waals surface area contributed by atoms with Gasteiger partial charge in [-0.2, -0.15) is 0 Å². The van der Waals surface area contributed by atoms with Crippen LogP contribution in [0.15, 0.2) is 48.6 Å². The van der Waals surface area contributed by atoms with Crippen molar-refractivity contribution >= 4 is 5.91 Å². The number of ether oxygens (including phenoxy) is 2. The van der Waals surface area contributed by atoms with E-state index in [2.05, 4.69) is 55.6 Å². The molecule has 0 spiro atoms. The fourth-order valence-electron chi connectivity index (χ4n) is 7.77. The van der Waals surface area contributed by atoms with Gasteiger partial charge in [0.1, 0.15) is 24.4 Å². The van der Waals surface area contributed by atoms with Crippen molar-refractivity contribution in [3.63, 3.8) is 0 Å². The molecule has 7 unspecified atom stereocenters. The van der Waals surface area contributed by atoms with Crippen LogP contribution in [0.5, 0.6) is 0 Å². The molecule has 0 saturated carbocycles. The van der Waals surface area contributed by atoms with Crippen LogP contribution in [-0.4, -0.2) is 87.5 Å². The van der Waals surface area contributed by atoms with Crippen molar-refractivity contribution in [2.45, 2.75) is 262 Å². The maximum atomic E-state index is 13.0. The third-order valence-corrected chi connectivity index (χ3v) is 11.9. The molecule has 7 atom stereocenters. The van der Waals surface area contributed by atoms with Gasteiger partial charge in [0.25, 0.3) is 0 Å². The van der Waals surface area contributed by atoms with Crippen LogP contribution in [0, 0.1) is 0 Å². The molecule has 0 aromatic rings. The highest BCUT2D eigenvalue weighted by atomic mass is 16.7. The Labute approximate surface area is 373 Å². The molecule has 61 heavy (non-hydrogen) atoms. The number of unbranched alkanes of at least 4 members (excludes halogenated alkanes) is 26. The van der Waals surface area contributed by atoms with Gasteiger partial charge in [0.15, 0.2) is 6.29 Å². The largest absolute Gasteiger partial charge is 0.394 e. The van der Waals surface area contributed by atoms with Gasteiger partial charge in [0, 0.05) is 6.42 Å². The van der Waals surface area contributed by atoms with Crippen molar-refractivity contribution < 1.29 is 39.8 Å². The van der Waals surface area contributed by atoms with Crippen LogP contribution in [0.25, 0.3) is 0 Å². The van der Waals surface area contributed by atoms with Crippen molar-refractivity contribution in [2.24, 2.45) is 0 Å². The number of aliphatic hydroxyl groups is 5. The molecule has 1 rings (SSSR count). The summed E-state index contributed by atoms with van der Waals surface area (Å²) < 4.78 is 11.2. The van der Waals surface area contributed by atoms with Crippen LogP contribution in [-0.2, 0) is 14.3 Å². The first-order chi connectivity index (χ1) is 29.8. The summed E-state index contributed by atoms with van der Waals surface area (Å²) in [5.41, 5.74) is 0. The Kier molecular flexibility index (Phi) is 39.5. The lowest BCUT2D eigenvalue weighted by Gasteiger charge is -2.40. The van der Waals surface area contributed by atoms with Gasteiger partial charge < -0.3 is 40.3 Å². The molecule has 0 bridgehead atoms. The number of carbonyl (C=O) groups excluding carboxylic acids is 1. The second-order valence-electron chi connectivity index (χ2n) is 17.6. The Morgan fingerprint density at radius 2 is 0.934 bits per heavy atom. The highest BCUT2D eigenvalue weighted by molar-refractivity contribution is 5.76. The molecule has 0 aromatic heterocycles. The van der Waals surface area contributed by atoms with Crippen molar-refractivity contribution in [2.75, 3.05) is 13.2 Å². The standard InChI is InChI=1S/C52H95NO8/c1-3-5-7-9-11-13-15-17-19-21-23-24-25-27-29-31-33-35-37-39-41-46(55)45(44-60-52-51(59)50(58)49(57)47(43-54)61-52)53-48(56)42-40-38-36-34-32-30-28-26-22-20-18-16-14-12-10-8-6-4-2/h24-26,28,31,33,39,41,45-47,49-52,54-55,57-59H,3-23,27,29-30,32,34-38,40,42-44H2,1-2H3,(H,53,56)/b25-24+,28-26-,33-31+,41-39+. The maximum Gasteiger partial charge on any atom is 0.220 e. The highest BCUT2D eigenvalue weighted by Crippen LogP contribution is 2.22. The van der Waals surface area contributed by atoms with Crippen LogP contribution >= 0.6 is 0 Å². The zero-order valence-corrected chi connectivity index (χ0v) is 39.2. The van der Waals surface area contributed by atoms with Crippen molar-refractivity contribution in [1.29, 1.82) is 0 Å². The van der Waals surface area contributed by atoms with Gasteiger partial charge in [-0.3, -0.25) is 4.79 Å². The summed E-state index contributed by atoms with van der Waals surface area (Å²) >= 11 is 0. The van der Waals surface area contributed by atoms with E-state index in [4.69, 9.17) is 9.47 Å². The molecule has 1 aliphatic rings. The van der Waals surface area contributed by atoms with Gasteiger partial charge in [-0.1, -0.05) is 191 Å². The van der Waals surface area contributed by atoms with Crippen molar-refractivity contribution in [1.82, 2.24) is 5.32 Å². The zero-order valence-electron chi connectivity index (χ0n) is 39.2. The predicted octanol–water partition coefficient (Wildman–Crippen LogP) is 11.4. The summed E-state index contributed by atoms with van der Waals surface area (Å²) in [5.74, 6) is -0.199. The van der Waals surface area contributed by atoms with Crippen LogP contribution in [0.3, 0.4) is 0 Å². The second kappa shape index (κ2) is 42.1. The number of amides is 1. The number of hydrogen-bond donors (Lipinski definition) is 6. The van der Waals surface area contributed by atoms with Crippen molar-refractivity contribution in [3.05, 3.63) is 48.6 Å². The summed E-state index contributed by atoms with van der Waals surface area (Å²) in [5, 5.41) is 54.3. The van der Waals surface area contributed by atoms with E-state index in [0.717, 1.165) is 64.2 Å². The molecule has 6 N–H and O–H groups in total. The molecule has 0 radical (unpaired) electrons. The quantitative estimate of drug-likeness (QED) is 0.0262. The van der Waals surface area contributed by atoms with Crippen LogP contribution in [0.4, 0.5) is 0 Å². The molecule has 1 heterocycles. The molecule has 9 nitrogen and oxygen atoms in total. The highest BCUT2D eigenvalue weighted by Gasteiger charge is 2.44. The van der Waals surface area contributed by atoms with Gasteiger partial charge in [-0.05, 0) is 70.6 Å². The first-order valence-corrected chi connectivity index (χ1v) is 25.4. The monoisotopic (exact) mass is 862 g/mol. The minimum absolute atomic E-state index is 0.199. The van der Waals surface area contributed by atoms with E-state index in [1.165, 1.54) is 135 Å². The maximum absolute atomic E-state index is 13.0. The average Bonchev–Trinajstić information content (AvgIpc) is 3.26. The molecule has 1 aliphatic heterocycles. The van der Waals surface area contributed by atoms with Crippen LogP contribution in [0.2, 0.25) is 0 Å². The Bertz CT molecular complexity index is 1090. The molecule has 356 valence electrons. The Hall–Kier alpha value is -1.85. The summed E-state index contributed by atoms with van der Waals surface area (Å²) in [7, 11) is 0. The van der Waals surface area contributed by atoms with Gasteiger partial charge in [-0.25, -0.2) is 0 Å². The second-order valence-corrected chi connectivity index (χ2v) is 17.6. The fourth-order valence-corrected chi connectivity index (χ4v) is 7.77. The first kappa shape index (κ1) is 57.2. The minimum atomic E-state index is -1.58. The lowest BCUT2D eigenvalue weighted by Crippen LogP contribution is -2.60. The molecule has 1 amide bonds. The average molecular weight is 862 g/mol. The van der Waals surface area contributed by atoms with E-state index in [9.17, 15) is 30.3 Å². The molecule has 1 saturated heterocycles. The minimum Gasteiger partial charge on any atom is -0.394 e. The van der Waals surface area contributed by atoms with E-state index in [1.807, 2.05) is 6.08 Å². The fraction of sp³-hybridized carbons (Fsp3) is 0.827. The summed E-state index contributed by atoms with van der Waals surface area (Å²) in [4.78, 5) is 13.0. The summed E-state index contributed by atoms with van der Waals surface area (Å²) in [6.45, 7) is 3.75. The van der Waals surface area contributed by atoms with Crippen molar-refractivity contribution in [3.8, 4) is 0 Å². The van der Waals surface area contributed by atoms with Crippen LogP contribution in [0.1, 0.15) is 219 Å². The summed E-state index contributed by atoms with van der Waals surface area (Å²) in [6.07, 6.45) is 47.3. The number of nitrogens with one attached hydrogen (secondary N) is 1. The molecule has 0 aliphatic carbocycles. The Morgan fingerprint density at radius 3 is 1.38 bits per heavy atom. The number of allylic oxidation sites excluding steroid dienone is 7. The van der Waals surface area contributed by atoms with E-state index in [1.54, 1.807) is 6.08 Å². The molecular weight excluding hydrogens is 767 g/mol. The SMILES string of the molecule is CCCCCCCCCCC/C=C\CCCCCCCC(=O)NC(COC1OC(CO)C(O)C(O)C1O)C(O)/C=C/CC/C=C/CC/C=C/CCCCCCCCCCCC. The normalized spacial score (nSPS) is 20.8. The van der Waals surface area contributed by atoms with Gasteiger partial charge in [0.05, 0.1) is 25.4 Å². The van der Waals surface area contributed by atoms with Gasteiger partial charge in [0.2, 0.25) is 5.91 Å². The zero-order chi connectivity index (χ0) is 44.4. The molecule has 1 fully saturated rings. The predicted molar refractivity (Wildman–Crippen MR) is 253 cm³/mol. The third kappa shape index (κ3) is 32.5. The smallest absolute Gasteiger partial charge is 0.220 e. The summed E-state index contributed by atoms with van der Waals surface area (Å²) in [6, 6.07) is -0.832. The topological polar surface area (TPSA) is 149 Å². The molecular formula is C52H95NO8.